The van der Waals surface area contributed by atoms with Gasteiger partial charge in [0.25, 0.3) is 5.92 Å². The monoisotopic (exact) mass is 326 g/mol. The van der Waals surface area contributed by atoms with Crippen molar-refractivity contribution >= 4 is 12.4 Å². The first-order valence-corrected chi connectivity index (χ1v) is 6.37. The van der Waals surface area contributed by atoms with Crippen LogP contribution < -0.4 is 5.32 Å². The lowest BCUT2D eigenvalue weighted by Gasteiger charge is -2.38. The zero-order chi connectivity index (χ0) is 14.8. The quantitative estimate of drug-likeness (QED) is 0.785. The van der Waals surface area contributed by atoms with E-state index in [1.54, 1.807) is 0 Å². The molecule has 1 aromatic rings. The molecule has 4 nitrogen and oxygen atoms in total. The molecular formula is C13H18ClF3N2O2. The van der Waals surface area contributed by atoms with E-state index in [0.29, 0.717) is 26.2 Å². The Morgan fingerprint density at radius 3 is 2.43 bits per heavy atom. The molecule has 0 aromatic heterocycles. The molecule has 0 aliphatic carbocycles. The highest BCUT2D eigenvalue weighted by atomic mass is 35.5. The van der Waals surface area contributed by atoms with Crippen LogP contribution in [-0.2, 0) is 0 Å². The Bertz CT molecular complexity index is 471. The molecule has 0 spiro atoms. The normalized spacial score (nSPS) is 18.1. The van der Waals surface area contributed by atoms with Crippen LogP contribution in [0.5, 0.6) is 5.75 Å². The number of benzene rings is 1. The van der Waals surface area contributed by atoms with Gasteiger partial charge in [-0.1, -0.05) is 6.07 Å². The van der Waals surface area contributed by atoms with Crippen molar-refractivity contribution in [1.29, 1.82) is 0 Å². The number of phenolic OH excluding ortho intramolecular Hbond substituents is 1. The predicted octanol–water partition coefficient (Wildman–Crippen LogP) is 1.53. The first-order chi connectivity index (χ1) is 9.45. The van der Waals surface area contributed by atoms with E-state index < -0.39 is 24.4 Å². The van der Waals surface area contributed by atoms with E-state index in [1.807, 2.05) is 0 Å². The van der Waals surface area contributed by atoms with Crippen molar-refractivity contribution < 1.29 is 23.4 Å². The van der Waals surface area contributed by atoms with Crippen LogP contribution in [0.4, 0.5) is 13.2 Å². The van der Waals surface area contributed by atoms with Gasteiger partial charge in [-0.25, -0.2) is 13.2 Å². The van der Waals surface area contributed by atoms with E-state index in [4.69, 9.17) is 5.11 Å². The lowest BCUT2D eigenvalue weighted by molar-refractivity contribution is -0.119. The average molecular weight is 327 g/mol. The third kappa shape index (κ3) is 4.00. The molecule has 3 N–H and O–H groups in total. The summed E-state index contributed by atoms with van der Waals surface area (Å²) in [7, 11) is 0. The van der Waals surface area contributed by atoms with Gasteiger partial charge in [-0.3, -0.25) is 4.90 Å². The summed E-state index contributed by atoms with van der Waals surface area (Å²) in [4.78, 5) is 1.45. The SMILES string of the molecule is Cl.OCC(F)(F)[C@@H](c1ccc(O)cc1F)N1CCNCC1. The van der Waals surface area contributed by atoms with Gasteiger partial charge in [-0.05, 0) is 6.07 Å². The molecule has 1 saturated heterocycles. The van der Waals surface area contributed by atoms with Crippen molar-refractivity contribution in [3.8, 4) is 5.75 Å². The minimum Gasteiger partial charge on any atom is -0.508 e. The molecule has 0 amide bonds. The largest absolute Gasteiger partial charge is 0.508 e. The van der Waals surface area contributed by atoms with Gasteiger partial charge in [-0.2, -0.15) is 0 Å². The average Bonchev–Trinajstić information content (AvgIpc) is 2.43. The molecule has 1 aliphatic rings. The molecule has 120 valence electrons. The van der Waals surface area contributed by atoms with E-state index in [2.05, 4.69) is 5.32 Å². The topological polar surface area (TPSA) is 55.7 Å². The Morgan fingerprint density at radius 1 is 1.29 bits per heavy atom. The fraction of sp³-hybridized carbons (Fsp3) is 0.538. The van der Waals surface area contributed by atoms with E-state index in [1.165, 1.54) is 11.0 Å². The Balaban J connectivity index is 0.00000220. The molecule has 1 atom stereocenters. The van der Waals surface area contributed by atoms with Gasteiger partial charge >= 0.3 is 0 Å². The Labute approximate surface area is 127 Å². The summed E-state index contributed by atoms with van der Waals surface area (Å²) in [5.41, 5.74) is -0.219. The first kappa shape index (κ1) is 18.0. The minimum atomic E-state index is -3.46. The number of piperazine rings is 1. The second-order valence-electron chi connectivity index (χ2n) is 4.81. The Hall–Kier alpha value is -1.02. The first-order valence-electron chi connectivity index (χ1n) is 6.37. The molecule has 0 bridgehead atoms. The van der Waals surface area contributed by atoms with E-state index in [9.17, 15) is 18.3 Å². The number of aromatic hydroxyl groups is 1. The molecule has 0 saturated carbocycles. The standard InChI is InChI=1S/C13H17F3N2O2.ClH/c14-11-7-9(20)1-2-10(11)12(13(15,16)8-19)18-5-3-17-4-6-18;/h1-2,7,12,17,19-20H,3-6,8H2;1H/t12-;/m1./s1. The Morgan fingerprint density at radius 2 is 1.90 bits per heavy atom. The molecule has 8 heteroatoms. The summed E-state index contributed by atoms with van der Waals surface area (Å²) in [5, 5.41) is 21.2. The highest BCUT2D eigenvalue weighted by molar-refractivity contribution is 5.85. The smallest absolute Gasteiger partial charge is 0.290 e. The second-order valence-corrected chi connectivity index (χ2v) is 4.81. The molecule has 1 aromatic carbocycles. The summed E-state index contributed by atoms with van der Waals surface area (Å²) >= 11 is 0. The van der Waals surface area contributed by atoms with Crippen LogP contribution in [0, 0.1) is 5.82 Å². The highest BCUT2D eigenvalue weighted by Crippen LogP contribution is 2.38. The molecule has 0 unspecified atom stereocenters. The Kier molecular flexibility index (Phi) is 6.27. The van der Waals surface area contributed by atoms with Crippen molar-refractivity contribution in [3.05, 3.63) is 29.6 Å². The van der Waals surface area contributed by atoms with Gasteiger partial charge in [0.2, 0.25) is 0 Å². The fourth-order valence-corrected chi connectivity index (χ4v) is 2.46. The maximum atomic E-state index is 14.0. The van der Waals surface area contributed by atoms with E-state index in [0.717, 1.165) is 12.1 Å². The van der Waals surface area contributed by atoms with Gasteiger partial charge in [0.1, 0.15) is 24.2 Å². The van der Waals surface area contributed by atoms with Crippen LogP contribution in [0.15, 0.2) is 18.2 Å². The molecule has 0 radical (unpaired) electrons. The van der Waals surface area contributed by atoms with Crippen molar-refractivity contribution in [1.82, 2.24) is 10.2 Å². The number of phenols is 1. The van der Waals surface area contributed by atoms with Gasteiger partial charge in [-0.15, -0.1) is 12.4 Å². The molecular weight excluding hydrogens is 309 g/mol. The van der Waals surface area contributed by atoms with E-state index in [-0.39, 0.29) is 23.7 Å². The number of halogens is 4. The summed E-state index contributed by atoms with van der Waals surface area (Å²) in [6.45, 7) is 0.360. The van der Waals surface area contributed by atoms with Crippen LogP contribution in [0.1, 0.15) is 11.6 Å². The lowest BCUT2D eigenvalue weighted by Crippen LogP contribution is -2.51. The van der Waals surface area contributed by atoms with Crippen LogP contribution in [0.25, 0.3) is 0 Å². The summed E-state index contributed by atoms with van der Waals surface area (Å²) in [5.74, 6) is -4.69. The number of aliphatic hydroxyl groups is 1. The zero-order valence-corrected chi connectivity index (χ0v) is 12.0. The van der Waals surface area contributed by atoms with Crippen molar-refractivity contribution in [2.75, 3.05) is 32.8 Å². The van der Waals surface area contributed by atoms with Crippen molar-refractivity contribution in [2.45, 2.75) is 12.0 Å². The van der Waals surface area contributed by atoms with E-state index >= 15 is 0 Å². The van der Waals surface area contributed by atoms with Crippen LogP contribution in [0.3, 0.4) is 0 Å². The lowest BCUT2D eigenvalue weighted by atomic mass is 9.97. The molecule has 1 heterocycles. The van der Waals surface area contributed by atoms with Crippen LogP contribution in [0.2, 0.25) is 0 Å². The summed E-state index contributed by atoms with van der Waals surface area (Å²) in [6, 6.07) is 1.56. The third-order valence-electron chi connectivity index (χ3n) is 3.41. The maximum Gasteiger partial charge on any atom is 0.290 e. The molecule has 21 heavy (non-hydrogen) atoms. The van der Waals surface area contributed by atoms with Crippen molar-refractivity contribution in [2.24, 2.45) is 0 Å². The minimum absolute atomic E-state index is 0. The third-order valence-corrected chi connectivity index (χ3v) is 3.41. The number of aliphatic hydroxyl groups excluding tert-OH is 1. The van der Waals surface area contributed by atoms with Gasteiger partial charge in [0, 0.05) is 37.8 Å². The van der Waals surface area contributed by atoms with Crippen LogP contribution in [-0.4, -0.2) is 53.8 Å². The van der Waals surface area contributed by atoms with Gasteiger partial charge < -0.3 is 15.5 Å². The summed E-state index contributed by atoms with van der Waals surface area (Å²) < 4.78 is 42.0. The van der Waals surface area contributed by atoms with Crippen molar-refractivity contribution in [3.63, 3.8) is 0 Å². The highest BCUT2D eigenvalue weighted by Gasteiger charge is 2.45. The van der Waals surface area contributed by atoms with Crippen LogP contribution >= 0.6 is 12.4 Å². The fourth-order valence-electron chi connectivity index (χ4n) is 2.46. The predicted molar refractivity (Wildman–Crippen MR) is 74.5 cm³/mol. The maximum absolute atomic E-state index is 14.0. The zero-order valence-electron chi connectivity index (χ0n) is 11.2. The second kappa shape index (κ2) is 7.31. The number of hydrogen-bond donors (Lipinski definition) is 3. The number of nitrogens with one attached hydrogen (secondary N) is 1. The number of nitrogens with zero attached hydrogens (tertiary/aromatic N) is 1. The molecule has 2 rings (SSSR count). The number of rotatable bonds is 4. The van der Waals surface area contributed by atoms with Gasteiger partial charge in [0.15, 0.2) is 0 Å². The van der Waals surface area contributed by atoms with Gasteiger partial charge in [0.05, 0.1) is 0 Å². The molecule has 1 aliphatic heterocycles. The number of alkyl halides is 2. The molecule has 1 fully saturated rings. The number of hydrogen-bond acceptors (Lipinski definition) is 4. The summed E-state index contributed by atoms with van der Waals surface area (Å²) in [6.07, 6.45) is 0.